The molecule has 0 amide bonds. The number of nitrogens with one attached hydrogen (secondary N) is 2. The van der Waals surface area contributed by atoms with Gasteiger partial charge in [-0.05, 0) is 37.2 Å². The summed E-state index contributed by atoms with van der Waals surface area (Å²) in [6.07, 6.45) is 0. The Bertz CT molecular complexity index is 694. The summed E-state index contributed by atoms with van der Waals surface area (Å²) in [5, 5.41) is 3.05. The Labute approximate surface area is 126 Å². The summed E-state index contributed by atoms with van der Waals surface area (Å²) in [5.41, 5.74) is 3.53. The van der Waals surface area contributed by atoms with Crippen molar-refractivity contribution in [2.45, 2.75) is 19.2 Å². The summed E-state index contributed by atoms with van der Waals surface area (Å²) in [6, 6.07) is 14.9. The largest absolute Gasteiger partial charge is 0.316 e. The second-order valence-electron chi connectivity index (χ2n) is 5.08. The van der Waals surface area contributed by atoms with Crippen molar-refractivity contribution in [1.29, 1.82) is 0 Å². The highest BCUT2D eigenvalue weighted by atomic mass is 32.2. The molecule has 112 valence electrons. The maximum Gasteiger partial charge on any atom is 0.236 e. The molecule has 0 atom stereocenters. The van der Waals surface area contributed by atoms with E-state index in [2.05, 4.69) is 10.0 Å². The van der Waals surface area contributed by atoms with Gasteiger partial charge >= 0.3 is 0 Å². The van der Waals surface area contributed by atoms with Crippen LogP contribution in [0.2, 0.25) is 0 Å². The first kappa shape index (κ1) is 15.5. The van der Waals surface area contributed by atoms with Crippen LogP contribution in [-0.4, -0.2) is 15.5 Å². The third-order valence-electron chi connectivity index (χ3n) is 3.05. The zero-order valence-electron chi connectivity index (χ0n) is 12.3. The van der Waals surface area contributed by atoms with Crippen LogP contribution in [0, 0.1) is 6.92 Å². The summed E-state index contributed by atoms with van der Waals surface area (Å²) < 4.78 is 27.0. The molecule has 5 heteroatoms. The van der Waals surface area contributed by atoms with E-state index in [1.54, 1.807) is 12.1 Å². The molecule has 0 spiro atoms. The highest BCUT2D eigenvalue weighted by molar-refractivity contribution is 7.91. The minimum absolute atomic E-state index is 0.0293. The van der Waals surface area contributed by atoms with Crippen LogP contribution in [0.5, 0.6) is 0 Å². The van der Waals surface area contributed by atoms with Crippen LogP contribution in [0.15, 0.2) is 48.5 Å². The van der Waals surface area contributed by atoms with E-state index in [0.717, 1.165) is 23.2 Å². The maximum atomic E-state index is 12.2. The van der Waals surface area contributed by atoms with Crippen molar-refractivity contribution in [3.63, 3.8) is 0 Å². The van der Waals surface area contributed by atoms with Gasteiger partial charge in [0.1, 0.15) is 0 Å². The van der Waals surface area contributed by atoms with Crippen LogP contribution in [0.3, 0.4) is 0 Å². The predicted octanol–water partition coefficient (Wildman–Crippen LogP) is 2.66. The minimum Gasteiger partial charge on any atom is -0.316 e. The second-order valence-corrected chi connectivity index (χ2v) is 6.80. The molecule has 2 aromatic carbocycles. The summed E-state index contributed by atoms with van der Waals surface area (Å²) in [5.74, 6) is -0.0293. The average molecular weight is 304 g/mol. The van der Waals surface area contributed by atoms with Crippen molar-refractivity contribution in [3.8, 4) is 0 Å². The number of anilines is 1. The number of aryl methyl sites for hydroxylation is 1. The first-order valence-corrected chi connectivity index (χ1v) is 8.43. The zero-order valence-corrected chi connectivity index (χ0v) is 13.1. The van der Waals surface area contributed by atoms with Gasteiger partial charge in [0.2, 0.25) is 10.0 Å². The molecule has 4 nitrogen and oxygen atoms in total. The molecule has 0 saturated heterocycles. The van der Waals surface area contributed by atoms with Gasteiger partial charge in [0.25, 0.3) is 0 Å². The van der Waals surface area contributed by atoms with E-state index < -0.39 is 10.0 Å². The summed E-state index contributed by atoms with van der Waals surface area (Å²) in [7, 11) is -1.54. The Morgan fingerprint density at radius 2 is 1.67 bits per heavy atom. The molecule has 21 heavy (non-hydrogen) atoms. The van der Waals surface area contributed by atoms with Crippen molar-refractivity contribution in [3.05, 3.63) is 65.2 Å². The summed E-state index contributed by atoms with van der Waals surface area (Å²) in [4.78, 5) is 0. The third-order valence-corrected chi connectivity index (χ3v) is 4.31. The zero-order chi connectivity index (χ0) is 15.3. The Kier molecular flexibility index (Phi) is 4.98. The first-order chi connectivity index (χ1) is 9.98. The molecule has 0 saturated carbocycles. The Morgan fingerprint density at radius 3 is 2.33 bits per heavy atom. The molecule has 0 fully saturated rings. The van der Waals surface area contributed by atoms with Crippen LogP contribution >= 0.6 is 0 Å². The molecule has 0 aliphatic carbocycles. The average Bonchev–Trinajstić information content (AvgIpc) is 2.41. The smallest absolute Gasteiger partial charge is 0.236 e. The molecule has 2 N–H and O–H groups in total. The number of benzene rings is 2. The normalized spacial score (nSPS) is 11.3. The molecular weight excluding hydrogens is 284 g/mol. The van der Waals surface area contributed by atoms with Crippen molar-refractivity contribution in [2.24, 2.45) is 0 Å². The van der Waals surface area contributed by atoms with Gasteiger partial charge in [0.15, 0.2) is 0 Å². The standard InChI is InChI=1S/C16H20N2O2S/c1-13-6-8-16(9-7-13)18-21(19,20)12-15-5-3-4-14(10-15)11-17-2/h3-10,17-18H,11-12H2,1-2H3. The molecule has 0 unspecified atom stereocenters. The molecule has 0 heterocycles. The molecule has 0 radical (unpaired) electrons. The van der Waals surface area contributed by atoms with Crippen LogP contribution in [-0.2, 0) is 22.3 Å². The Morgan fingerprint density at radius 1 is 1.00 bits per heavy atom. The molecular formula is C16H20N2O2S. The number of sulfonamides is 1. The fourth-order valence-electron chi connectivity index (χ4n) is 2.09. The third kappa shape index (κ3) is 4.88. The number of hydrogen-bond donors (Lipinski definition) is 2. The molecule has 0 bridgehead atoms. The van der Waals surface area contributed by atoms with Gasteiger partial charge in [0, 0.05) is 12.2 Å². The van der Waals surface area contributed by atoms with E-state index in [0.29, 0.717) is 5.69 Å². The quantitative estimate of drug-likeness (QED) is 0.862. The van der Waals surface area contributed by atoms with Gasteiger partial charge in [-0.2, -0.15) is 0 Å². The minimum atomic E-state index is -3.40. The first-order valence-electron chi connectivity index (χ1n) is 6.78. The van der Waals surface area contributed by atoms with Gasteiger partial charge in [-0.25, -0.2) is 8.42 Å². The van der Waals surface area contributed by atoms with E-state index in [9.17, 15) is 8.42 Å². The Hall–Kier alpha value is -1.85. The van der Waals surface area contributed by atoms with Crippen molar-refractivity contribution in [1.82, 2.24) is 5.32 Å². The summed E-state index contributed by atoms with van der Waals surface area (Å²) in [6.45, 7) is 2.69. The van der Waals surface area contributed by atoms with Crippen molar-refractivity contribution >= 4 is 15.7 Å². The number of rotatable bonds is 6. The van der Waals surface area contributed by atoms with Gasteiger partial charge in [-0.15, -0.1) is 0 Å². The van der Waals surface area contributed by atoms with E-state index in [1.807, 2.05) is 50.4 Å². The van der Waals surface area contributed by atoms with Crippen molar-refractivity contribution < 1.29 is 8.42 Å². The van der Waals surface area contributed by atoms with E-state index in [4.69, 9.17) is 0 Å². The Balaban J connectivity index is 2.10. The highest BCUT2D eigenvalue weighted by Crippen LogP contribution is 2.14. The van der Waals surface area contributed by atoms with Gasteiger partial charge < -0.3 is 5.32 Å². The van der Waals surface area contributed by atoms with Gasteiger partial charge in [-0.3, -0.25) is 4.72 Å². The molecule has 0 aliphatic rings. The lowest BCUT2D eigenvalue weighted by atomic mass is 10.1. The van der Waals surface area contributed by atoms with Gasteiger partial charge in [0.05, 0.1) is 5.75 Å². The highest BCUT2D eigenvalue weighted by Gasteiger charge is 2.12. The van der Waals surface area contributed by atoms with E-state index >= 15 is 0 Å². The lowest BCUT2D eigenvalue weighted by molar-refractivity contribution is 0.600. The maximum absolute atomic E-state index is 12.2. The number of hydrogen-bond acceptors (Lipinski definition) is 3. The van der Waals surface area contributed by atoms with Crippen LogP contribution in [0.1, 0.15) is 16.7 Å². The lowest BCUT2D eigenvalue weighted by Gasteiger charge is -2.09. The molecule has 0 aliphatic heterocycles. The van der Waals surface area contributed by atoms with Crippen LogP contribution < -0.4 is 10.0 Å². The van der Waals surface area contributed by atoms with Crippen molar-refractivity contribution in [2.75, 3.05) is 11.8 Å². The van der Waals surface area contributed by atoms with E-state index in [-0.39, 0.29) is 5.75 Å². The molecule has 0 aromatic heterocycles. The monoisotopic (exact) mass is 304 g/mol. The van der Waals surface area contributed by atoms with E-state index in [1.165, 1.54) is 0 Å². The van der Waals surface area contributed by atoms with Crippen LogP contribution in [0.25, 0.3) is 0 Å². The van der Waals surface area contributed by atoms with Crippen LogP contribution in [0.4, 0.5) is 5.69 Å². The lowest BCUT2D eigenvalue weighted by Crippen LogP contribution is -2.15. The SMILES string of the molecule is CNCc1cccc(CS(=O)(=O)Nc2ccc(C)cc2)c1. The predicted molar refractivity (Wildman–Crippen MR) is 86.6 cm³/mol. The molecule has 2 aromatic rings. The fraction of sp³-hybridized carbons (Fsp3) is 0.250. The fourth-order valence-corrected chi connectivity index (χ4v) is 3.28. The summed E-state index contributed by atoms with van der Waals surface area (Å²) >= 11 is 0. The molecule has 2 rings (SSSR count). The second kappa shape index (κ2) is 6.74. The van der Waals surface area contributed by atoms with Gasteiger partial charge in [-0.1, -0.05) is 42.0 Å². The topological polar surface area (TPSA) is 58.2 Å².